The lowest BCUT2D eigenvalue weighted by molar-refractivity contribution is 0.252. The van der Waals surface area contributed by atoms with E-state index < -0.39 is 0 Å². The van der Waals surface area contributed by atoms with E-state index in [2.05, 4.69) is 46.4 Å². The van der Waals surface area contributed by atoms with Crippen LogP contribution < -0.4 is 4.90 Å². The summed E-state index contributed by atoms with van der Waals surface area (Å²) in [4.78, 5) is 5.24. The summed E-state index contributed by atoms with van der Waals surface area (Å²) in [5, 5.41) is 3.65. The smallest absolute Gasteiger partial charge is 0.0455 e. The van der Waals surface area contributed by atoms with Crippen molar-refractivity contribution in [3.8, 4) is 0 Å². The summed E-state index contributed by atoms with van der Waals surface area (Å²) >= 11 is 1.85. The first-order valence-corrected chi connectivity index (χ1v) is 10.7. The van der Waals surface area contributed by atoms with Gasteiger partial charge in [0.2, 0.25) is 0 Å². The second kappa shape index (κ2) is 9.43. The number of benzene rings is 1. The highest BCUT2D eigenvalue weighted by Crippen LogP contribution is 2.31. The SMILES string of the molecule is CCCCCCCCCN1CCN(c2cccc3sccc23)CC1. The topological polar surface area (TPSA) is 6.48 Å². The molecule has 24 heavy (non-hydrogen) atoms. The maximum atomic E-state index is 2.66. The molecule has 1 aromatic heterocycles. The molecule has 0 atom stereocenters. The van der Waals surface area contributed by atoms with Gasteiger partial charge in [-0.2, -0.15) is 0 Å². The van der Waals surface area contributed by atoms with Gasteiger partial charge in [-0.1, -0.05) is 51.5 Å². The molecule has 3 rings (SSSR count). The number of hydrogen-bond acceptors (Lipinski definition) is 3. The van der Waals surface area contributed by atoms with E-state index in [4.69, 9.17) is 0 Å². The Morgan fingerprint density at radius 1 is 0.875 bits per heavy atom. The summed E-state index contributed by atoms with van der Waals surface area (Å²) in [6, 6.07) is 9.01. The first-order valence-electron chi connectivity index (χ1n) is 9.82. The minimum atomic E-state index is 1.17. The molecular formula is C21H32N2S. The Bertz CT molecular complexity index is 599. The van der Waals surface area contributed by atoms with Gasteiger partial charge < -0.3 is 4.90 Å². The van der Waals surface area contributed by atoms with E-state index in [1.54, 1.807) is 0 Å². The molecule has 1 aromatic carbocycles. The van der Waals surface area contributed by atoms with Crippen LogP contribution in [0.3, 0.4) is 0 Å². The Morgan fingerprint density at radius 3 is 2.42 bits per heavy atom. The fourth-order valence-electron chi connectivity index (χ4n) is 3.76. The average Bonchev–Trinajstić information content (AvgIpc) is 3.10. The molecule has 0 unspecified atom stereocenters. The zero-order valence-corrected chi connectivity index (χ0v) is 16.0. The number of anilines is 1. The third-order valence-electron chi connectivity index (χ3n) is 5.26. The maximum Gasteiger partial charge on any atom is 0.0455 e. The van der Waals surface area contributed by atoms with Crippen molar-refractivity contribution in [1.29, 1.82) is 0 Å². The van der Waals surface area contributed by atoms with Crippen LogP contribution in [0.2, 0.25) is 0 Å². The molecule has 1 fully saturated rings. The van der Waals surface area contributed by atoms with Gasteiger partial charge in [-0.05, 0) is 36.5 Å². The predicted octanol–water partition coefficient (Wildman–Crippen LogP) is 5.77. The lowest BCUT2D eigenvalue weighted by Gasteiger charge is -2.36. The molecule has 132 valence electrons. The van der Waals surface area contributed by atoms with Crippen LogP contribution >= 0.6 is 11.3 Å². The van der Waals surface area contributed by atoms with E-state index in [9.17, 15) is 0 Å². The van der Waals surface area contributed by atoms with Crippen LogP contribution in [-0.2, 0) is 0 Å². The number of hydrogen-bond donors (Lipinski definition) is 0. The van der Waals surface area contributed by atoms with Gasteiger partial charge in [0.05, 0.1) is 0 Å². The highest BCUT2D eigenvalue weighted by Gasteiger charge is 2.18. The molecule has 0 spiro atoms. The standard InChI is InChI=1S/C21H32N2S/c1-2-3-4-5-6-7-8-13-22-14-16-23(17-15-22)20-10-9-11-21-19(20)12-18-24-21/h9-12,18H,2-8,13-17H2,1H3. The molecule has 0 saturated carbocycles. The molecule has 0 radical (unpaired) electrons. The van der Waals surface area contributed by atoms with E-state index in [1.165, 1.54) is 93.4 Å². The van der Waals surface area contributed by atoms with Crippen LogP contribution in [0.4, 0.5) is 5.69 Å². The molecule has 2 nitrogen and oxygen atoms in total. The molecule has 2 heterocycles. The zero-order chi connectivity index (χ0) is 16.6. The first kappa shape index (κ1) is 17.8. The van der Waals surface area contributed by atoms with Crippen molar-refractivity contribution in [2.24, 2.45) is 0 Å². The number of unbranched alkanes of at least 4 members (excludes halogenated alkanes) is 6. The molecule has 1 aliphatic rings. The third-order valence-corrected chi connectivity index (χ3v) is 6.15. The summed E-state index contributed by atoms with van der Waals surface area (Å²) in [5.41, 5.74) is 1.43. The number of piperazine rings is 1. The lowest BCUT2D eigenvalue weighted by Crippen LogP contribution is -2.46. The van der Waals surface area contributed by atoms with Crippen molar-refractivity contribution in [2.75, 3.05) is 37.6 Å². The molecule has 0 aliphatic carbocycles. The fourth-order valence-corrected chi connectivity index (χ4v) is 4.57. The monoisotopic (exact) mass is 344 g/mol. The van der Waals surface area contributed by atoms with Crippen LogP contribution in [0.1, 0.15) is 51.9 Å². The zero-order valence-electron chi connectivity index (χ0n) is 15.2. The van der Waals surface area contributed by atoms with Crippen molar-refractivity contribution < 1.29 is 0 Å². The largest absolute Gasteiger partial charge is 0.368 e. The molecular weight excluding hydrogens is 312 g/mol. The minimum Gasteiger partial charge on any atom is -0.368 e. The average molecular weight is 345 g/mol. The van der Waals surface area contributed by atoms with E-state index in [0.717, 1.165) is 0 Å². The second-order valence-corrected chi connectivity index (χ2v) is 8.01. The normalized spacial score (nSPS) is 16.1. The summed E-state index contributed by atoms with van der Waals surface area (Å²) < 4.78 is 1.41. The van der Waals surface area contributed by atoms with Gasteiger partial charge in [0, 0.05) is 42.0 Å². The Balaban J connectivity index is 1.38. The van der Waals surface area contributed by atoms with Crippen LogP contribution in [0.25, 0.3) is 10.1 Å². The fraction of sp³-hybridized carbons (Fsp3) is 0.619. The van der Waals surface area contributed by atoms with Crippen molar-refractivity contribution in [3.05, 3.63) is 29.6 Å². The third kappa shape index (κ3) is 4.73. The van der Waals surface area contributed by atoms with Crippen LogP contribution in [0.15, 0.2) is 29.6 Å². The van der Waals surface area contributed by atoms with Crippen molar-refractivity contribution in [2.45, 2.75) is 51.9 Å². The molecule has 3 heteroatoms. The minimum absolute atomic E-state index is 1.17. The van der Waals surface area contributed by atoms with E-state index in [1.807, 2.05) is 11.3 Å². The lowest BCUT2D eigenvalue weighted by atomic mass is 10.1. The Hall–Kier alpha value is -1.06. The predicted molar refractivity (Wildman–Crippen MR) is 108 cm³/mol. The quantitative estimate of drug-likeness (QED) is 0.532. The highest BCUT2D eigenvalue weighted by atomic mass is 32.1. The van der Waals surface area contributed by atoms with Crippen molar-refractivity contribution in [3.63, 3.8) is 0 Å². The van der Waals surface area contributed by atoms with Gasteiger partial charge in [0.25, 0.3) is 0 Å². The van der Waals surface area contributed by atoms with Crippen LogP contribution in [0.5, 0.6) is 0 Å². The molecule has 1 aliphatic heterocycles. The molecule has 2 aromatic rings. The molecule has 1 saturated heterocycles. The summed E-state index contributed by atoms with van der Waals surface area (Å²) in [5.74, 6) is 0. The second-order valence-electron chi connectivity index (χ2n) is 7.06. The highest BCUT2D eigenvalue weighted by molar-refractivity contribution is 7.17. The van der Waals surface area contributed by atoms with Gasteiger partial charge in [-0.25, -0.2) is 0 Å². The number of thiophene rings is 1. The maximum absolute atomic E-state index is 2.66. The van der Waals surface area contributed by atoms with Crippen molar-refractivity contribution >= 4 is 27.1 Å². The summed E-state index contributed by atoms with van der Waals surface area (Å²) in [6.07, 6.45) is 9.86. The Morgan fingerprint density at radius 2 is 1.62 bits per heavy atom. The van der Waals surface area contributed by atoms with Gasteiger partial charge >= 0.3 is 0 Å². The van der Waals surface area contributed by atoms with Gasteiger partial charge in [0.1, 0.15) is 0 Å². The van der Waals surface area contributed by atoms with Gasteiger partial charge in [0.15, 0.2) is 0 Å². The molecule has 0 bridgehead atoms. The summed E-state index contributed by atoms with van der Waals surface area (Å²) in [6.45, 7) is 8.37. The Labute approximate surface area is 151 Å². The molecule has 0 N–H and O–H groups in total. The van der Waals surface area contributed by atoms with Gasteiger partial charge in [-0.3, -0.25) is 4.90 Å². The van der Waals surface area contributed by atoms with Crippen molar-refractivity contribution in [1.82, 2.24) is 4.90 Å². The van der Waals surface area contributed by atoms with Crippen LogP contribution in [0, 0.1) is 0 Å². The van der Waals surface area contributed by atoms with E-state index in [0.29, 0.717) is 0 Å². The molecule has 0 amide bonds. The van der Waals surface area contributed by atoms with E-state index >= 15 is 0 Å². The van der Waals surface area contributed by atoms with E-state index in [-0.39, 0.29) is 0 Å². The summed E-state index contributed by atoms with van der Waals surface area (Å²) in [7, 11) is 0. The van der Waals surface area contributed by atoms with Gasteiger partial charge in [-0.15, -0.1) is 11.3 Å². The number of rotatable bonds is 9. The number of nitrogens with zero attached hydrogens (tertiary/aromatic N) is 2. The van der Waals surface area contributed by atoms with Crippen LogP contribution in [-0.4, -0.2) is 37.6 Å². The first-order chi connectivity index (χ1) is 11.9. The Kier molecular flexibility index (Phi) is 6.98. The number of fused-ring (bicyclic) bond motifs is 1.